The summed E-state index contributed by atoms with van der Waals surface area (Å²) in [5.74, 6) is -0.0248. The molecule has 0 bridgehead atoms. The van der Waals surface area contributed by atoms with E-state index in [9.17, 15) is 14.4 Å². The van der Waals surface area contributed by atoms with Gasteiger partial charge in [-0.3, -0.25) is 19.4 Å². The fourth-order valence-corrected chi connectivity index (χ4v) is 3.83. The molecule has 0 fully saturated rings. The maximum Gasteiger partial charge on any atom is 0.254 e. The van der Waals surface area contributed by atoms with E-state index in [1.54, 1.807) is 38.5 Å². The molecule has 3 aromatic rings. The van der Waals surface area contributed by atoms with Gasteiger partial charge in [-0.1, -0.05) is 17.7 Å². The van der Waals surface area contributed by atoms with Gasteiger partial charge >= 0.3 is 0 Å². The van der Waals surface area contributed by atoms with Crippen molar-refractivity contribution in [2.24, 2.45) is 0 Å². The number of nitrogens with zero attached hydrogens (tertiary/aromatic N) is 3. The zero-order valence-electron chi connectivity index (χ0n) is 19.7. The van der Waals surface area contributed by atoms with Gasteiger partial charge < -0.3 is 15.2 Å². The molecule has 0 aliphatic heterocycles. The molecule has 3 rings (SSSR count). The number of aromatic nitrogens is 3. The van der Waals surface area contributed by atoms with Gasteiger partial charge in [0.2, 0.25) is 11.8 Å². The van der Waals surface area contributed by atoms with Gasteiger partial charge in [0.1, 0.15) is 5.82 Å². The van der Waals surface area contributed by atoms with Crippen molar-refractivity contribution >= 4 is 17.5 Å². The van der Waals surface area contributed by atoms with Crippen molar-refractivity contribution in [3.63, 3.8) is 0 Å². The highest BCUT2D eigenvalue weighted by Crippen LogP contribution is 2.22. The number of aryl methyl sites for hydroxylation is 4. The Bertz CT molecular complexity index is 1210. The van der Waals surface area contributed by atoms with Gasteiger partial charge in [0.25, 0.3) is 5.56 Å². The fourth-order valence-electron chi connectivity index (χ4n) is 3.83. The summed E-state index contributed by atoms with van der Waals surface area (Å²) >= 11 is 0. The number of aromatic amines is 1. The Hall–Kier alpha value is -3.81. The molecule has 0 radical (unpaired) electrons. The molecule has 0 saturated heterocycles. The second kappa shape index (κ2) is 10.2. The summed E-state index contributed by atoms with van der Waals surface area (Å²) in [6, 6.07) is 7.54. The van der Waals surface area contributed by atoms with Crippen LogP contribution < -0.4 is 10.9 Å². The van der Waals surface area contributed by atoms with Gasteiger partial charge in [-0.2, -0.15) is 0 Å². The maximum atomic E-state index is 12.6. The summed E-state index contributed by atoms with van der Waals surface area (Å²) in [4.78, 5) is 50.3. The van der Waals surface area contributed by atoms with E-state index >= 15 is 0 Å². The Balaban J connectivity index is 1.60. The third-order valence-electron chi connectivity index (χ3n) is 5.51. The second-order valence-electron chi connectivity index (χ2n) is 8.29. The highest BCUT2D eigenvalue weighted by molar-refractivity contribution is 5.95. The van der Waals surface area contributed by atoms with Crippen LogP contribution in [-0.2, 0) is 16.0 Å². The van der Waals surface area contributed by atoms with Crippen molar-refractivity contribution in [3.05, 3.63) is 75.0 Å². The molecule has 2 N–H and O–H groups in total. The SMILES string of the molecule is Cc1cc(C)c(NC(=O)CN(C)C(=O)CCc2c(C)nc(-c3ccncc3)[nH]c2=O)c(C)c1. The molecular formula is C25H29N5O3. The first kappa shape index (κ1) is 23.8. The van der Waals surface area contributed by atoms with Gasteiger partial charge in [-0.05, 0) is 57.4 Å². The van der Waals surface area contributed by atoms with Gasteiger partial charge in [-0.25, -0.2) is 4.98 Å². The molecule has 33 heavy (non-hydrogen) atoms. The third kappa shape index (κ3) is 5.91. The second-order valence-corrected chi connectivity index (χ2v) is 8.29. The number of nitrogens with one attached hydrogen (secondary N) is 2. The predicted molar refractivity (Wildman–Crippen MR) is 128 cm³/mol. The van der Waals surface area contributed by atoms with Crippen LogP contribution in [0.25, 0.3) is 11.4 Å². The summed E-state index contributed by atoms with van der Waals surface area (Å²) < 4.78 is 0. The number of anilines is 1. The minimum atomic E-state index is -0.271. The fraction of sp³-hybridized carbons (Fsp3) is 0.320. The van der Waals surface area contributed by atoms with E-state index in [0.717, 1.165) is 27.9 Å². The van der Waals surface area contributed by atoms with E-state index < -0.39 is 0 Å². The molecule has 0 saturated carbocycles. The molecule has 172 valence electrons. The van der Waals surface area contributed by atoms with Gasteiger partial charge in [0, 0.05) is 48.4 Å². The summed E-state index contributed by atoms with van der Waals surface area (Å²) in [7, 11) is 1.58. The normalized spacial score (nSPS) is 10.7. The minimum absolute atomic E-state index is 0.0693. The van der Waals surface area contributed by atoms with Crippen LogP contribution in [0.3, 0.4) is 0 Å². The van der Waals surface area contributed by atoms with Crippen LogP contribution >= 0.6 is 0 Å². The monoisotopic (exact) mass is 447 g/mol. The summed E-state index contributed by atoms with van der Waals surface area (Å²) in [5.41, 5.74) is 5.39. The number of pyridine rings is 1. The number of likely N-dealkylation sites (N-methyl/N-ethyl adjacent to an activating group) is 1. The number of carbonyl (C=O) groups is 2. The van der Waals surface area contributed by atoms with Crippen molar-refractivity contribution in [2.75, 3.05) is 18.9 Å². The standard InChI is InChI=1S/C25H29N5O3/c1-15-12-16(2)23(17(3)13-15)28-21(31)14-30(5)22(32)7-6-20-18(4)27-24(29-25(20)33)19-8-10-26-11-9-19/h8-13H,6-7,14H2,1-5H3,(H,28,31)(H,27,29,33). The highest BCUT2D eigenvalue weighted by Gasteiger charge is 2.17. The minimum Gasteiger partial charge on any atom is -0.336 e. The lowest BCUT2D eigenvalue weighted by Crippen LogP contribution is -2.35. The molecule has 0 spiro atoms. The lowest BCUT2D eigenvalue weighted by molar-refractivity contribution is -0.133. The van der Waals surface area contributed by atoms with Crippen LogP contribution in [0.15, 0.2) is 41.5 Å². The zero-order chi connectivity index (χ0) is 24.1. The number of amides is 2. The summed E-state index contributed by atoms with van der Waals surface area (Å²) in [5, 5.41) is 2.90. The van der Waals surface area contributed by atoms with Crippen LogP contribution in [0.4, 0.5) is 5.69 Å². The number of hydrogen-bond donors (Lipinski definition) is 2. The predicted octanol–water partition coefficient (Wildman–Crippen LogP) is 3.10. The van der Waals surface area contributed by atoms with Crippen LogP contribution in [0.2, 0.25) is 0 Å². The lowest BCUT2D eigenvalue weighted by atomic mass is 10.1. The van der Waals surface area contributed by atoms with Crippen molar-refractivity contribution in [3.8, 4) is 11.4 Å². The van der Waals surface area contributed by atoms with Crippen molar-refractivity contribution in [1.29, 1.82) is 0 Å². The number of carbonyl (C=O) groups excluding carboxylic acids is 2. The molecule has 0 aliphatic rings. The van der Waals surface area contributed by atoms with Crippen LogP contribution in [0, 0.1) is 27.7 Å². The quantitative estimate of drug-likeness (QED) is 0.579. The smallest absolute Gasteiger partial charge is 0.254 e. The van der Waals surface area contributed by atoms with E-state index in [1.807, 2.05) is 32.9 Å². The van der Waals surface area contributed by atoms with E-state index in [-0.39, 0.29) is 36.8 Å². The van der Waals surface area contributed by atoms with E-state index in [0.29, 0.717) is 17.1 Å². The van der Waals surface area contributed by atoms with E-state index in [1.165, 1.54) is 4.90 Å². The van der Waals surface area contributed by atoms with E-state index in [2.05, 4.69) is 20.3 Å². The Labute approximate surface area is 193 Å². The average molecular weight is 448 g/mol. The average Bonchev–Trinajstić information content (AvgIpc) is 2.76. The first-order chi connectivity index (χ1) is 15.7. The molecule has 0 unspecified atom stereocenters. The molecule has 8 nitrogen and oxygen atoms in total. The van der Waals surface area contributed by atoms with Crippen LogP contribution in [0.1, 0.15) is 34.4 Å². The molecule has 1 aromatic carbocycles. The summed E-state index contributed by atoms with van der Waals surface area (Å²) in [6.07, 6.45) is 3.60. The molecule has 2 aromatic heterocycles. The molecule has 2 amide bonds. The maximum absolute atomic E-state index is 12.6. The highest BCUT2D eigenvalue weighted by atomic mass is 16.2. The Kier molecular flexibility index (Phi) is 7.37. The first-order valence-electron chi connectivity index (χ1n) is 10.8. The van der Waals surface area contributed by atoms with Crippen molar-refractivity contribution in [2.45, 2.75) is 40.5 Å². The zero-order valence-corrected chi connectivity index (χ0v) is 19.7. The number of benzene rings is 1. The van der Waals surface area contributed by atoms with Crippen LogP contribution in [0.5, 0.6) is 0 Å². The van der Waals surface area contributed by atoms with E-state index in [4.69, 9.17) is 0 Å². The topological polar surface area (TPSA) is 108 Å². The summed E-state index contributed by atoms with van der Waals surface area (Å²) in [6.45, 7) is 7.58. The van der Waals surface area contributed by atoms with Gasteiger partial charge in [0.15, 0.2) is 0 Å². The molecule has 0 atom stereocenters. The van der Waals surface area contributed by atoms with Crippen LogP contribution in [-0.4, -0.2) is 45.3 Å². The van der Waals surface area contributed by atoms with Gasteiger partial charge in [-0.15, -0.1) is 0 Å². The number of rotatable bonds is 7. The van der Waals surface area contributed by atoms with Crippen molar-refractivity contribution < 1.29 is 9.59 Å². The molecule has 2 heterocycles. The lowest BCUT2D eigenvalue weighted by Gasteiger charge is -2.18. The molecule has 0 aliphatic carbocycles. The largest absolute Gasteiger partial charge is 0.336 e. The Morgan fingerprint density at radius 3 is 2.30 bits per heavy atom. The third-order valence-corrected chi connectivity index (χ3v) is 5.51. The molecule has 8 heteroatoms. The first-order valence-corrected chi connectivity index (χ1v) is 10.8. The number of hydrogen-bond acceptors (Lipinski definition) is 5. The van der Waals surface area contributed by atoms with Gasteiger partial charge in [0.05, 0.1) is 6.54 Å². The number of H-pyrrole nitrogens is 1. The Morgan fingerprint density at radius 1 is 1.06 bits per heavy atom. The van der Waals surface area contributed by atoms with Crippen molar-refractivity contribution in [1.82, 2.24) is 19.9 Å². The Morgan fingerprint density at radius 2 is 1.70 bits per heavy atom. The molecular weight excluding hydrogens is 418 g/mol.